The fourth-order valence-corrected chi connectivity index (χ4v) is 3.46. The Morgan fingerprint density at radius 1 is 1.11 bits per heavy atom. The first-order chi connectivity index (χ1) is 9.33. The van der Waals surface area contributed by atoms with Crippen LogP contribution in [-0.4, -0.2) is 24.0 Å². The van der Waals surface area contributed by atoms with Crippen LogP contribution in [-0.2, 0) is 6.54 Å². The van der Waals surface area contributed by atoms with Gasteiger partial charge in [0.05, 0.1) is 0 Å². The number of hydrogen-bond donors (Lipinski definition) is 1. The number of amides is 2. The Morgan fingerprint density at radius 2 is 1.74 bits per heavy atom. The zero-order valence-electron chi connectivity index (χ0n) is 11.3. The molecular weight excluding hydrogens is 236 g/mol. The lowest BCUT2D eigenvalue weighted by Crippen LogP contribution is -2.38. The predicted octanol–water partition coefficient (Wildman–Crippen LogP) is 3.02. The Hall–Kier alpha value is -1.51. The molecule has 0 aromatic heterocycles. The van der Waals surface area contributed by atoms with E-state index in [0.717, 1.165) is 30.5 Å². The largest absolute Gasteiger partial charge is 0.334 e. The molecule has 102 valence electrons. The van der Waals surface area contributed by atoms with Crippen LogP contribution in [0.1, 0.15) is 31.2 Å². The standard InChI is InChI=1S/C16H22N2O/c19-16(17-10-13-6-2-1-3-7-13)18-11-14-8-4-5-9-15(14)12-18/h1-3,6-7,14-15H,4-5,8-12H2,(H,17,19)/t14-,15+. The molecule has 1 saturated carbocycles. The van der Waals surface area contributed by atoms with E-state index in [1.807, 2.05) is 35.2 Å². The van der Waals surface area contributed by atoms with Gasteiger partial charge in [-0.3, -0.25) is 0 Å². The van der Waals surface area contributed by atoms with Gasteiger partial charge in [0.25, 0.3) is 0 Å². The number of carbonyl (C=O) groups excluding carboxylic acids is 1. The molecule has 3 rings (SSSR count). The van der Waals surface area contributed by atoms with Crippen LogP contribution in [0.2, 0.25) is 0 Å². The maximum Gasteiger partial charge on any atom is 0.317 e. The zero-order chi connectivity index (χ0) is 13.1. The van der Waals surface area contributed by atoms with E-state index in [2.05, 4.69) is 5.32 Å². The summed E-state index contributed by atoms with van der Waals surface area (Å²) in [6, 6.07) is 10.2. The summed E-state index contributed by atoms with van der Waals surface area (Å²) in [6.07, 6.45) is 5.32. The van der Waals surface area contributed by atoms with Gasteiger partial charge in [-0.1, -0.05) is 43.2 Å². The highest BCUT2D eigenvalue weighted by atomic mass is 16.2. The van der Waals surface area contributed by atoms with Crippen molar-refractivity contribution < 1.29 is 4.79 Å². The second kappa shape index (κ2) is 5.64. The first kappa shape index (κ1) is 12.5. The number of hydrogen-bond acceptors (Lipinski definition) is 1. The van der Waals surface area contributed by atoms with Gasteiger partial charge < -0.3 is 10.2 Å². The molecule has 0 unspecified atom stereocenters. The summed E-state index contributed by atoms with van der Waals surface area (Å²) in [7, 11) is 0. The molecule has 0 radical (unpaired) electrons. The Bertz CT molecular complexity index is 418. The number of nitrogens with one attached hydrogen (secondary N) is 1. The molecule has 1 aliphatic heterocycles. The topological polar surface area (TPSA) is 32.3 Å². The van der Waals surface area contributed by atoms with E-state index in [1.54, 1.807) is 0 Å². The van der Waals surface area contributed by atoms with Crippen LogP contribution in [0.3, 0.4) is 0 Å². The number of fused-ring (bicyclic) bond motifs is 1. The third-order valence-electron chi connectivity index (χ3n) is 4.55. The normalized spacial score (nSPS) is 26.0. The van der Waals surface area contributed by atoms with Gasteiger partial charge in [0, 0.05) is 19.6 Å². The van der Waals surface area contributed by atoms with E-state index in [-0.39, 0.29) is 6.03 Å². The van der Waals surface area contributed by atoms with Gasteiger partial charge in [0.15, 0.2) is 0 Å². The van der Waals surface area contributed by atoms with E-state index >= 15 is 0 Å². The van der Waals surface area contributed by atoms with Crippen molar-refractivity contribution in [2.45, 2.75) is 32.2 Å². The highest BCUT2D eigenvalue weighted by molar-refractivity contribution is 5.74. The first-order valence-electron chi connectivity index (χ1n) is 7.39. The molecule has 1 aromatic carbocycles. The lowest BCUT2D eigenvalue weighted by Gasteiger charge is -2.22. The third kappa shape index (κ3) is 2.91. The van der Waals surface area contributed by atoms with Crippen LogP contribution in [0.25, 0.3) is 0 Å². The van der Waals surface area contributed by atoms with Crippen molar-refractivity contribution in [1.29, 1.82) is 0 Å². The molecule has 1 saturated heterocycles. The second-order valence-electron chi connectivity index (χ2n) is 5.85. The molecule has 1 heterocycles. The minimum atomic E-state index is 0.109. The summed E-state index contributed by atoms with van der Waals surface area (Å²) >= 11 is 0. The first-order valence-corrected chi connectivity index (χ1v) is 7.39. The average Bonchev–Trinajstić information content (AvgIpc) is 2.90. The monoisotopic (exact) mass is 258 g/mol. The summed E-state index contributed by atoms with van der Waals surface area (Å²) < 4.78 is 0. The Balaban J connectivity index is 1.51. The van der Waals surface area contributed by atoms with Crippen molar-refractivity contribution in [3.05, 3.63) is 35.9 Å². The highest BCUT2D eigenvalue weighted by Gasteiger charge is 2.36. The smallest absolute Gasteiger partial charge is 0.317 e. The fraction of sp³-hybridized carbons (Fsp3) is 0.562. The minimum absolute atomic E-state index is 0.109. The molecule has 2 amide bonds. The van der Waals surface area contributed by atoms with E-state index in [1.165, 1.54) is 25.7 Å². The van der Waals surface area contributed by atoms with Crippen molar-refractivity contribution >= 4 is 6.03 Å². The number of nitrogens with zero attached hydrogens (tertiary/aromatic N) is 1. The van der Waals surface area contributed by atoms with Crippen LogP contribution in [0.4, 0.5) is 4.79 Å². The summed E-state index contributed by atoms with van der Waals surface area (Å²) in [5.74, 6) is 1.52. The zero-order valence-corrected chi connectivity index (χ0v) is 11.3. The van der Waals surface area contributed by atoms with Crippen LogP contribution >= 0.6 is 0 Å². The average molecular weight is 258 g/mol. The molecule has 19 heavy (non-hydrogen) atoms. The van der Waals surface area contributed by atoms with Gasteiger partial charge in [-0.15, -0.1) is 0 Å². The van der Waals surface area contributed by atoms with Crippen LogP contribution in [0.5, 0.6) is 0 Å². The summed E-state index contributed by atoms with van der Waals surface area (Å²) in [6.45, 7) is 2.56. The molecule has 1 aliphatic carbocycles. The number of benzene rings is 1. The molecule has 3 nitrogen and oxygen atoms in total. The second-order valence-corrected chi connectivity index (χ2v) is 5.85. The molecule has 3 heteroatoms. The van der Waals surface area contributed by atoms with Crippen molar-refractivity contribution in [2.24, 2.45) is 11.8 Å². The third-order valence-corrected chi connectivity index (χ3v) is 4.55. The van der Waals surface area contributed by atoms with Gasteiger partial charge in [-0.25, -0.2) is 4.79 Å². The molecule has 2 fully saturated rings. The van der Waals surface area contributed by atoms with Gasteiger partial charge in [-0.2, -0.15) is 0 Å². The van der Waals surface area contributed by atoms with Gasteiger partial charge in [-0.05, 0) is 30.2 Å². The lowest BCUT2D eigenvalue weighted by molar-refractivity contribution is 0.206. The van der Waals surface area contributed by atoms with Crippen LogP contribution in [0.15, 0.2) is 30.3 Å². The van der Waals surface area contributed by atoms with E-state index in [9.17, 15) is 4.79 Å². The van der Waals surface area contributed by atoms with Crippen molar-refractivity contribution in [3.8, 4) is 0 Å². The highest BCUT2D eigenvalue weighted by Crippen LogP contribution is 2.35. The Morgan fingerprint density at radius 3 is 2.37 bits per heavy atom. The number of likely N-dealkylation sites (tertiary alicyclic amines) is 1. The molecule has 2 atom stereocenters. The molecule has 2 aliphatic rings. The SMILES string of the molecule is O=C(NCc1ccccc1)N1C[C@H]2CCCC[C@H]2C1. The van der Waals surface area contributed by atoms with Gasteiger partial charge in [0.1, 0.15) is 0 Å². The Labute approximate surface area is 115 Å². The minimum Gasteiger partial charge on any atom is -0.334 e. The summed E-state index contributed by atoms with van der Waals surface area (Å²) in [5.41, 5.74) is 1.16. The molecule has 0 bridgehead atoms. The van der Waals surface area contributed by atoms with Crippen molar-refractivity contribution in [1.82, 2.24) is 10.2 Å². The van der Waals surface area contributed by atoms with Gasteiger partial charge in [0.2, 0.25) is 0 Å². The maximum absolute atomic E-state index is 12.2. The quantitative estimate of drug-likeness (QED) is 0.869. The van der Waals surface area contributed by atoms with E-state index in [0.29, 0.717) is 6.54 Å². The summed E-state index contributed by atoms with van der Waals surface area (Å²) in [5, 5.41) is 3.04. The van der Waals surface area contributed by atoms with E-state index in [4.69, 9.17) is 0 Å². The molecule has 1 aromatic rings. The van der Waals surface area contributed by atoms with Crippen molar-refractivity contribution in [3.63, 3.8) is 0 Å². The lowest BCUT2D eigenvalue weighted by atomic mass is 9.82. The Kier molecular flexibility index (Phi) is 3.72. The fourth-order valence-electron chi connectivity index (χ4n) is 3.46. The number of carbonyl (C=O) groups is 1. The van der Waals surface area contributed by atoms with E-state index < -0.39 is 0 Å². The summed E-state index contributed by atoms with van der Waals surface area (Å²) in [4.78, 5) is 14.2. The molecule has 0 spiro atoms. The maximum atomic E-state index is 12.2. The van der Waals surface area contributed by atoms with Crippen LogP contribution < -0.4 is 5.32 Å². The number of rotatable bonds is 2. The van der Waals surface area contributed by atoms with Gasteiger partial charge >= 0.3 is 6.03 Å². The molecule has 1 N–H and O–H groups in total. The molecular formula is C16H22N2O. The predicted molar refractivity (Wildman–Crippen MR) is 75.7 cm³/mol. The van der Waals surface area contributed by atoms with Crippen LogP contribution in [0, 0.1) is 11.8 Å². The number of urea groups is 1. The van der Waals surface area contributed by atoms with Crippen molar-refractivity contribution in [2.75, 3.05) is 13.1 Å².